The van der Waals surface area contributed by atoms with Gasteiger partial charge < -0.3 is 14.8 Å². The average molecular weight is 402 g/mol. The lowest BCUT2D eigenvalue weighted by atomic mass is 10.0. The van der Waals surface area contributed by atoms with Gasteiger partial charge in [-0.05, 0) is 52.2 Å². The van der Waals surface area contributed by atoms with E-state index in [2.05, 4.69) is 5.32 Å². The summed E-state index contributed by atoms with van der Waals surface area (Å²) in [6.07, 6.45) is 0. The molecule has 4 nitrogen and oxygen atoms in total. The van der Waals surface area contributed by atoms with Gasteiger partial charge in [-0.25, -0.2) is 0 Å². The van der Waals surface area contributed by atoms with E-state index < -0.39 is 0 Å². The van der Waals surface area contributed by atoms with Crippen LogP contribution in [-0.2, 0) is 9.53 Å². The minimum Gasteiger partial charge on any atom is -0.491 e. The lowest BCUT2D eigenvalue weighted by Gasteiger charge is -2.18. The summed E-state index contributed by atoms with van der Waals surface area (Å²) in [6, 6.07) is 18.7. The van der Waals surface area contributed by atoms with Crippen LogP contribution in [0, 0.1) is 0 Å². The smallest absolute Gasteiger partial charge is 0.246 e. The van der Waals surface area contributed by atoms with Crippen molar-refractivity contribution in [2.75, 3.05) is 19.8 Å². The van der Waals surface area contributed by atoms with Crippen LogP contribution in [0.1, 0.15) is 17.2 Å². The molecule has 3 rings (SSSR count). The van der Waals surface area contributed by atoms with Crippen molar-refractivity contribution >= 4 is 28.8 Å². The Labute approximate surface area is 167 Å². The Bertz CT molecular complexity index is 822. The van der Waals surface area contributed by atoms with Crippen LogP contribution in [0.3, 0.4) is 0 Å². The van der Waals surface area contributed by atoms with Gasteiger partial charge in [-0.1, -0.05) is 41.9 Å². The van der Waals surface area contributed by atoms with E-state index in [1.54, 1.807) is 11.3 Å². The molecular weight excluding hydrogens is 382 g/mol. The van der Waals surface area contributed by atoms with Crippen molar-refractivity contribution < 1.29 is 14.3 Å². The molecule has 0 spiro atoms. The number of benzene rings is 2. The fourth-order valence-corrected chi connectivity index (χ4v) is 3.37. The number of hydrogen-bond acceptors (Lipinski definition) is 4. The lowest BCUT2D eigenvalue weighted by Crippen LogP contribution is -2.32. The first-order valence-corrected chi connectivity index (χ1v) is 9.87. The summed E-state index contributed by atoms with van der Waals surface area (Å²) in [5.41, 5.74) is 2.00. The van der Waals surface area contributed by atoms with E-state index >= 15 is 0 Å². The summed E-state index contributed by atoms with van der Waals surface area (Å²) < 4.78 is 11.0. The van der Waals surface area contributed by atoms with Gasteiger partial charge >= 0.3 is 0 Å². The van der Waals surface area contributed by atoms with Gasteiger partial charge in [0.1, 0.15) is 19.0 Å². The number of halogens is 1. The molecule has 1 atom stereocenters. The molecule has 1 unspecified atom stereocenters. The molecule has 0 fully saturated rings. The van der Waals surface area contributed by atoms with Gasteiger partial charge in [0.05, 0.1) is 12.6 Å². The van der Waals surface area contributed by atoms with E-state index in [4.69, 9.17) is 21.1 Å². The molecule has 1 aromatic heterocycles. The molecule has 1 amide bonds. The van der Waals surface area contributed by atoms with Gasteiger partial charge in [0.2, 0.25) is 5.91 Å². The van der Waals surface area contributed by atoms with E-state index in [9.17, 15) is 4.79 Å². The van der Waals surface area contributed by atoms with Gasteiger partial charge in [-0.2, -0.15) is 11.3 Å². The third-order valence-corrected chi connectivity index (χ3v) is 4.81. The van der Waals surface area contributed by atoms with Crippen LogP contribution in [0.25, 0.3) is 0 Å². The van der Waals surface area contributed by atoms with Crippen LogP contribution in [0.2, 0.25) is 5.02 Å². The minimum atomic E-state index is -0.231. The first-order valence-electron chi connectivity index (χ1n) is 8.55. The van der Waals surface area contributed by atoms with E-state index in [0.717, 1.165) is 16.9 Å². The molecule has 140 valence electrons. The Balaban J connectivity index is 1.48. The maximum atomic E-state index is 12.3. The minimum absolute atomic E-state index is 0.0215. The van der Waals surface area contributed by atoms with Crippen LogP contribution in [0.5, 0.6) is 5.75 Å². The molecule has 1 heterocycles. The number of para-hydroxylation sites is 1. The quantitative estimate of drug-likeness (QED) is 0.528. The fraction of sp³-hybridized carbons (Fsp3) is 0.190. The molecule has 6 heteroatoms. The summed E-state index contributed by atoms with van der Waals surface area (Å²) in [5.74, 6) is 0.603. The number of amides is 1. The van der Waals surface area contributed by atoms with Crippen LogP contribution in [-0.4, -0.2) is 25.7 Å². The Kier molecular flexibility index (Phi) is 7.27. The van der Waals surface area contributed by atoms with Crippen molar-refractivity contribution in [3.05, 3.63) is 87.6 Å². The summed E-state index contributed by atoms with van der Waals surface area (Å²) >= 11 is 7.56. The summed E-state index contributed by atoms with van der Waals surface area (Å²) in [5, 5.41) is 7.70. The van der Waals surface area contributed by atoms with Crippen LogP contribution in [0.4, 0.5) is 0 Å². The zero-order valence-electron chi connectivity index (χ0n) is 14.6. The summed E-state index contributed by atoms with van der Waals surface area (Å²) in [6.45, 7) is 0.710. The van der Waals surface area contributed by atoms with Crippen LogP contribution < -0.4 is 10.1 Å². The standard InChI is InChI=1S/C21H20ClNO3S/c22-18-8-6-16(7-9-18)21(17-10-13-27-15-17)23-20(24)14-25-11-12-26-19-4-2-1-3-5-19/h1-10,13,15,21H,11-12,14H2,(H,23,24). The van der Waals surface area contributed by atoms with Gasteiger partial charge in [0, 0.05) is 5.02 Å². The highest BCUT2D eigenvalue weighted by molar-refractivity contribution is 7.08. The van der Waals surface area contributed by atoms with Crippen LogP contribution >= 0.6 is 22.9 Å². The molecular formula is C21H20ClNO3S. The predicted molar refractivity (Wildman–Crippen MR) is 109 cm³/mol. The first-order chi connectivity index (χ1) is 13.2. The number of nitrogens with one attached hydrogen (secondary N) is 1. The Hall–Kier alpha value is -2.34. The Morgan fingerprint density at radius 2 is 1.78 bits per heavy atom. The highest BCUT2D eigenvalue weighted by Gasteiger charge is 2.17. The molecule has 0 bridgehead atoms. The van der Waals surface area contributed by atoms with Crippen molar-refractivity contribution in [1.82, 2.24) is 5.32 Å². The largest absolute Gasteiger partial charge is 0.491 e. The van der Waals surface area contributed by atoms with Gasteiger partial charge in [-0.3, -0.25) is 4.79 Å². The molecule has 0 saturated carbocycles. The zero-order valence-corrected chi connectivity index (χ0v) is 16.2. The van der Waals surface area contributed by atoms with E-state index in [1.165, 1.54) is 0 Å². The Morgan fingerprint density at radius 3 is 2.48 bits per heavy atom. The van der Waals surface area contributed by atoms with Crippen molar-refractivity contribution in [3.63, 3.8) is 0 Å². The van der Waals surface area contributed by atoms with E-state index in [-0.39, 0.29) is 18.6 Å². The maximum Gasteiger partial charge on any atom is 0.246 e. The highest BCUT2D eigenvalue weighted by Crippen LogP contribution is 2.25. The number of carbonyl (C=O) groups is 1. The number of carbonyl (C=O) groups excluding carboxylic acids is 1. The molecule has 3 aromatic rings. The number of rotatable bonds is 9. The topological polar surface area (TPSA) is 47.6 Å². The molecule has 27 heavy (non-hydrogen) atoms. The third-order valence-electron chi connectivity index (χ3n) is 3.86. The third kappa shape index (κ3) is 6.10. The monoisotopic (exact) mass is 401 g/mol. The predicted octanol–water partition coefficient (Wildman–Crippen LogP) is 4.70. The highest BCUT2D eigenvalue weighted by atomic mass is 35.5. The van der Waals surface area contributed by atoms with Gasteiger partial charge in [0.25, 0.3) is 0 Å². The van der Waals surface area contributed by atoms with Crippen molar-refractivity contribution in [2.45, 2.75) is 6.04 Å². The van der Waals surface area contributed by atoms with Gasteiger partial charge in [-0.15, -0.1) is 0 Å². The summed E-state index contributed by atoms with van der Waals surface area (Å²) in [4.78, 5) is 12.3. The second-order valence-corrected chi connectivity index (χ2v) is 7.04. The molecule has 0 saturated heterocycles. The lowest BCUT2D eigenvalue weighted by molar-refractivity contribution is -0.126. The van der Waals surface area contributed by atoms with Crippen LogP contribution in [0.15, 0.2) is 71.4 Å². The number of thiophene rings is 1. The summed E-state index contributed by atoms with van der Waals surface area (Å²) in [7, 11) is 0. The molecule has 2 aromatic carbocycles. The van der Waals surface area contributed by atoms with Gasteiger partial charge in [0.15, 0.2) is 0 Å². The second kappa shape index (κ2) is 10.1. The zero-order chi connectivity index (χ0) is 18.9. The number of ether oxygens (including phenoxy) is 2. The molecule has 0 aliphatic heterocycles. The SMILES string of the molecule is O=C(COCCOc1ccccc1)NC(c1ccc(Cl)cc1)c1ccsc1. The maximum absolute atomic E-state index is 12.3. The molecule has 0 aliphatic rings. The van der Waals surface area contributed by atoms with Crippen molar-refractivity contribution in [3.8, 4) is 5.75 Å². The first kappa shape index (κ1) is 19.4. The Morgan fingerprint density at radius 1 is 1.00 bits per heavy atom. The average Bonchev–Trinajstić information content (AvgIpc) is 3.22. The molecule has 0 radical (unpaired) electrons. The van der Waals surface area contributed by atoms with E-state index in [1.807, 2.05) is 71.4 Å². The van der Waals surface area contributed by atoms with Crippen molar-refractivity contribution in [1.29, 1.82) is 0 Å². The van der Waals surface area contributed by atoms with Crippen molar-refractivity contribution in [2.24, 2.45) is 0 Å². The fourth-order valence-electron chi connectivity index (χ4n) is 2.56. The second-order valence-electron chi connectivity index (χ2n) is 5.82. The van der Waals surface area contributed by atoms with E-state index in [0.29, 0.717) is 18.2 Å². The molecule has 1 N–H and O–H groups in total. The molecule has 0 aliphatic carbocycles. The normalized spacial score (nSPS) is 11.7. The number of hydrogen-bond donors (Lipinski definition) is 1.